The predicted octanol–water partition coefficient (Wildman–Crippen LogP) is 5.07. The van der Waals surface area contributed by atoms with Crippen molar-refractivity contribution < 1.29 is 33.9 Å². The minimum Gasteiger partial charge on any atom is -0.497 e. The number of benzene rings is 4. The van der Waals surface area contributed by atoms with E-state index in [0.29, 0.717) is 0 Å². The van der Waals surface area contributed by atoms with Crippen LogP contribution in [0.5, 0.6) is 5.75 Å². The summed E-state index contributed by atoms with van der Waals surface area (Å²) in [4.78, 5) is 0. The number of aliphatic hydroxyl groups is 2. The Bertz CT molecular complexity index is 1320. The van der Waals surface area contributed by atoms with Crippen LogP contribution in [0.25, 0.3) is 0 Å². The van der Waals surface area contributed by atoms with Crippen LogP contribution in [0.15, 0.2) is 115 Å². The van der Waals surface area contributed by atoms with Crippen molar-refractivity contribution in [2.45, 2.75) is 63.1 Å². The molecule has 7 heteroatoms. The Hall–Kier alpha value is -3.56. The summed E-state index contributed by atoms with van der Waals surface area (Å²) in [6, 6.07) is 36.7. The van der Waals surface area contributed by atoms with Gasteiger partial charge in [0, 0.05) is 0 Å². The number of rotatable bonds is 13. The van der Waals surface area contributed by atoms with Crippen molar-refractivity contribution in [3.63, 3.8) is 0 Å². The second-order valence-corrected chi connectivity index (χ2v) is 10.4. The average Bonchev–Trinajstić information content (AvgIpc) is 3.04. The van der Waals surface area contributed by atoms with Crippen molar-refractivity contribution >= 4 is 0 Å². The molecule has 1 saturated carbocycles. The molecule has 1 aliphatic rings. The highest BCUT2D eigenvalue weighted by Gasteiger charge is 2.52. The van der Waals surface area contributed by atoms with Crippen LogP contribution in [0.4, 0.5) is 0 Å². The van der Waals surface area contributed by atoms with Gasteiger partial charge in [-0.1, -0.05) is 103 Å². The van der Waals surface area contributed by atoms with E-state index < -0.39 is 36.6 Å². The van der Waals surface area contributed by atoms with Gasteiger partial charge in [-0.2, -0.15) is 0 Å². The molecular formula is C35H38O7. The smallest absolute Gasteiger partial charge is 0.118 e. The van der Waals surface area contributed by atoms with Crippen molar-refractivity contribution in [1.82, 2.24) is 0 Å². The van der Waals surface area contributed by atoms with Crippen molar-refractivity contribution in [1.29, 1.82) is 0 Å². The lowest BCUT2D eigenvalue weighted by Gasteiger charge is -2.47. The first-order valence-electron chi connectivity index (χ1n) is 14.2. The summed E-state index contributed by atoms with van der Waals surface area (Å²) in [6.45, 7) is 0.935. The fourth-order valence-electron chi connectivity index (χ4n) is 5.14. The SMILES string of the molecule is COc1ccc(CO[C@H]2[C@H](O)[C@@H](OCc3ccccc3)[C@H](O)[C@H](OCc3ccccc3)[C@@H]2OCc2ccccc2)cc1. The van der Waals surface area contributed by atoms with Gasteiger partial charge in [0.1, 0.15) is 42.4 Å². The number of hydrogen-bond acceptors (Lipinski definition) is 7. The van der Waals surface area contributed by atoms with Crippen LogP contribution in [0.2, 0.25) is 0 Å². The molecule has 2 N–H and O–H groups in total. The maximum Gasteiger partial charge on any atom is 0.118 e. The Balaban J connectivity index is 1.41. The first-order chi connectivity index (χ1) is 20.6. The van der Waals surface area contributed by atoms with E-state index >= 15 is 0 Å². The maximum atomic E-state index is 11.6. The zero-order valence-electron chi connectivity index (χ0n) is 23.7. The fraction of sp³-hybridized carbons (Fsp3) is 0.314. The van der Waals surface area contributed by atoms with E-state index in [0.717, 1.165) is 28.0 Å². The highest BCUT2D eigenvalue weighted by molar-refractivity contribution is 5.27. The molecule has 7 nitrogen and oxygen atoms in total. The van der Waals surface area contributed by atoms with E-state index in [9.17, 15) is 10.2 Å². The number of methoxy groups -OCH3 is 1. The van der Waals surface area contributed by atoms with Gasteiger partial charge >= 0.3 is 0 Å². The van der Waals surface area contributed by atoms with Gasteiger partial charge in [-0.3, -0.25) is 0 Å². The van der Waals surface area contributed by atoms with Crippen LogP contribution in [0.3, 0.4) is 0 Å². The van der Waals surface area contributed by atoms with Crippen LogP contribution in [0, 0.1) is 0 Å². The molecule has 1 fully saturated rings. The molecule has 0 aromatic heterocycles. The molecule has 0 heterocycles. The molecule has 0 spiro atoms. The van der Waals surface area contributed by atoms with Crippen molar-refractivity contribution in [2.24, 2.45) is 0 Å². The van der Waals surface area contributed by atoms with Crippen LogP contribution in [-0.4, -0.2) is 53.9 Å². The quantitative estimate of drug-likeness (QED) is 0.232. The lowest BCUT2D eigenvalue weighted by Crippen LogP contribution is -2.66. The van der Waals surface area contributed by atoms with Crippen LogP contribution < -0.4 is 4.74 Å². The zero-order chi connectivity index (χ0) is 29.1. The van der Waals surface area contributed by atoms with Gasteiger partial charge < -0.3 is 33.9 Å². The van der Waals surface area contributed by atoms with Gasteiger partial charge in [-0.25, -0.2) is 0 Å². The summed E-state index contributed by atoms with van der Waals surface area (Å²) in [5.41, 5.74) is 3.74. The first kappa shape index (κ1) is 29.9. The largest absolute Gasteiger partial charge is 0.497 e. The molecule has 6 atom stereocenters. The summed E-state index contributed by atoms with van der Waals surface area (Å²) in [5.74, 6) is 0.743. The topological polar surface area (TPSA) is 86.6 Å². The number of ether oxygens (including phenoxy) is 5. The van der Waals surface area contributed by atoms with Gasteiger partial charge in [0.15, 0.2) is 0 Å². The van der Waals surface area contributed by atoms with Gasteiger partial charge in [0.2, 0.25) is 0 Å². The normalized spacial score (nSPS) is 23.9. The Morgan fingerprint density at radius 3 is 1.14 bits per heavy atom. The Morgan fingerprint density at radius 1 is 0.429 bits per heavy atom. The summed E-state index contributed by atoms with van der Waals surface area (Å²) in [5, 5.41) is 23.3. The lowest BCUT2D eigenvalue weighted by atomic mass is 9.84. The third kappa shape index (κ3) is 7.83. The summed E-state index contributed by atoms with van der Waals surface area (Å²) >= 11 is 0. The van der Waals surface area contributed by atoms with E-state index in [1.807, 2.05) is 115 Å². The lowest BCUT2D eigenvalue weighted by molar-refractivity contribution is -0.273. The molecule has 0 amide bonds. The molecule has 4 aromatic carbocycles. The van der Waals surface area contributed by atoms with Crippen molar-refractivity contribution in [3.8, 4) is 5.75 Å². The third-order valence-corrected chi connectivity index (χ3v) is 7.45. The van der Waals surface area contributed by atoms with Crippen molar-refractivity contribution in [2.75, 3.05) is 7.11 Å². The molecule has 4 aromatic rings. The highest BCUT2D eigenvalue weighted by atomic mass is 16.6. The van der Waals surface area contributed by atoms with Gasteiger partial charge in [0.25, 0.3) is 0 Å². The molecular weight excluding hydrogens is 532 g/mol. The molecule has 42 heavy (non-hydrogen) atoms. The minimum absolute atomic E-state index is 0.212. The summed E-state index contributed by atoms with van der Waals surface area (Å²) in [6.07, 6.45) is -5.79. The average molecular weight is 571 g/mol. The molecule has 220 valence electrons. The molecule has 1 aliphatic carbocycles. The van der Waals surface area contributed by atoms with E-state index in [1.165, 1.54) is 0 Å². The summed E-state index contributed by atoms with van der Waals surface area (Å²) < 4.78 is 30.6. The van der Waals surface area contributed by atoms with E-state index in [4.69, 9.17) is 23.7 Å². The van der Waals surface area contributed by atoms with Crippen LogP contribution >= 0.6 is 0 Å². The Labute approximate surface area is 247 Å². The zero-order valence-corrected chi connectivity index (χ0v) is 23.7. The predicted molar refractivity (Wildman–Crippen MR) is 159 cm³/mol. The Kier molecular flexibility index (Phi) is 10.7. The van der Waals surface area contributed by atoms with Crippen molar-refractivity contribution in [3.05, 3.63) is 138 Å². The molecule has 0 saturated heterocycles. The van der Waals surface area contributed by atoms with Gasteiger partial charge in [-0.05, 0) is 34.4 Å². The number of hydrogen-bond donors (Lipinski definition) is 2. The first-order valence-corrected chi connectivity index (χ1v) is 14.2. The molecule has 0 bridgehead atoms. The minimum atomic E-state index is -1.18. The Morgan fingerprint density at radius 2 is 0.762 bits per heavy atom. The highest BCUT2D eigenvalue weighted by Crippen LogP contribution is 2.32. The fourth-order valence-corrected chi connectivity index (χ4v) is 5.14. The standard InChI is InChI=1S/C35H38O7/c1-38-29-19-17-28(18-20-29)24-41-34-31(37)32(39-21-25-11-5-2-6-12-25)30(36)33(40-22-26-13-7-3-8-14-26)35(34)42-23-27-15-9-4-10-16-27/h2-20,30-37H,21-24H2,1H3/t30-,31+,32-,33-,34-,35-/m0/s1. The molecule has 5 rings (SSSR count). The second-order valence-electron chi connectivity index (χ2n) is 10.4. The summed E-state index contributed by atoms with van der Waals surface area (Å²) in [7, 11) is 1.62. The van der Waals surface area contributed by atoms with Gasteiger partial charge in [0.05, 0.1) is 33.5 Å². The third-order valence-electron chi connectivity index (χ3n) is 7.45. The van der Waals surface area contributed by atoms with E-state index in [-0.39, 0.29) is 26.4 Å². The van der Waals surface area contributed by atoms with Gasteiger partial charge in [-0.15, -0.1) is 0 Å². The maximum absolute atomic E-state index is 11.6. The molecule has 0 unspecified atom stereocenters. The van der Waals surface area contributed by atoms with Crippen LogP contribution in [-0.2, 0) is 45.4 Å². The van der Waals surface area contributed by atoms with E-state index in [1.54, 1.807) is 7.11 Å². The molecule has 0 aliphatic heterocycles. The van der Waals surface area contributed by atoms with Crippen LogP contribution in [0.1, 0.15) is 22.3 Å². The second kappa shape index (κ2) is 15.1. The van der Waals surface area contributed by atoms with E-state index in [2.05, 4.69) is 0 Å². The molecule has 0 radical (unpaired) electrons. The monoisotopic (exact) mass is 570 g/mol. The number of aliphatic hydroxyl groups excluding tert-OH is 2.